The Kier molecular flexibility index (Phi) is 10.7. The summed E-state index contributed by atoms with van der Waals surface area (Å²) >= 11 is 13.0. The second-order valence-corrected chi connectivity index (χ2v) is 8.36. The summed E-state index contributed by atoms with van der Waals surface area (Å²) in [4.78, 5) is 8.97. The van der Waals surface area contributed by atoms with Gasteiger partial charge < -0.3 is 9.80 Å². The van der Waals surface area contributed by atoms with Crippen molar-refractivity contribution in [2.24, 2.45) is 0 Å². The van der Waals surface area contributed by atoms with Gasteiger partial charge in [-0.3, -0.25) is 4.98 Å². The van der Waals surface area contributed by atoms with Gasteiger partial charge in [0.15, 0.2) is 0 Å². The van der Waals surface area contributed by atoms with E-state index in [0.717, 1.165) is 36.6 Å². The quantitative estimate of drug-likeness (QED) is 0.235. The maximum atomic E-state index is 6.51. The minimum absolute atomic E-state index is 0.616. The molecule has 29 heavy (non-hydrogen) atoms. The highest BCUT2D eigenvalue weighted by Crippen LogP contribution is 2.31. The van der Waals surface area contributed by atoms with Gasteiger partial charge in [0.05, 0.1) is 24.6 Å². The second-order valence-electron chi connectivity index (χ2n) is 7.64. The van der Waals surface area contributed by atoms with Gasteiger partial charge in [-0.25, -0.2) is 0 Å². The van der Waals surface area contributed by atoms with Gasteiger partial charge in [-0.05, 0) is 31.1 Å². The van der Waals surface area contributed by atoms with Crippen molar-refractivity contribution in [3.05, 3.63) is 52.1 Å². The summed E-state index contributed by atoms with van der Waals surface area (Å²) in [5.74, 6) is 0. The molecule has 0 bridgehead atoms. The van der Waals surface area contributed by atoms with Crippen LogP contribution in [0.3, 0.4) is 0 Å². The number of hydrogen-bond donors (Lipinski definition) is 0. The minimum atomic E-state index is 0.616. The fraction of sp³-hybridized carbons (Fsp3) is 0.542. The number of halogens is 2. The lowest BCUT2D eigenvalue weighted by Gasteiger charge is -2.22. The van der Waals surface area contributed by atoms with E-state index in [1.807, 2.05) is 25.1 Å². The van der Waals surface area contributed by atoms with Crippen LogP contribution in [0.15, 0.2) is 35.1 Å². The molecule has 2 heterocycles. The van der Waals surface area contributed by atoms with Gasteiger partial charge in [0.2, 0.25) is 0 Å². The molecule has 0 amide bonds. The van der Waals surface area contributed by atoms with Crippen molar-refractivity contribution < 1.29 is 0 Å². The summed E-state index contributed by atoms with van der Waals surface area (Å²) < 4.78 is 0. The SMILES string of the molecule is C=Cc1nc(CN2CN(CCCCCCCCCC)C(Cl)=C2Cl)ccc1/C=C\C. The highest BCUT2D eigenvalue weighted by molar-refractivity contribution is 6.38. The first kappa shape index (κ1) is 23.8. The van der Waals surface area contributed by atoms with E-state index in [0.29, 0.717) is 16.9 Å². The Labute approximate surface area is 187 Å². The molecule has 0 fully saturated rings. The normalized spacial score (nSPS) is 14.5. The van der Waals surface area contributed by atoms with E-state index in [2.05, 4.69) is 29.4 Å². The molecule has 0 N–H and O–H groups in total. The van der Waals surface area contributed by atoms with Crippen LogP contribution in [0.4, 0.5) is 0 Å². The van der Waals surface area contributed by atoms with Crippen LogP contribution in [0.25, 0.3) is 12.2 Å². The zero-order valence-electron chi connectivity index (χ0n) is 18.0. The van der Waals surface area contributed by atoms with E-state index in [4.69, 9.17) is 28.2 Å². The van der Waals surface area contributed by atoms with E-state index in [9.17, 15) is 0 Å². The predicted octanol–water partition coefficient (Wildman–Crippen LogP) is 7.58. The number of rotatable bonds is 13. The lowest BCUT2D eigenvalue weighted by atomic mass is 10.1. The fourth-order valence-electron chi connectivity index (χ4n) is 3.61. The molecule has 0 saturated carbocycles. The van der Waals surface area contributed by atoms with Gasteiger partial charge in [0.25, 0.3) is 0 Å². The molecule has 1 aliphatic heterocycles. The number of allylic oxidation sites excluding steroid dienone is 1. The summed E-state index contributed by atoms with van der Waals surface area (Å²) in [6.45, 7) is 10.4. The zero-order valence-corrected chi connectivity index (χ0v) is 19.5. The smallest absolute Gasteiger partial charge is 0.142 e. The van der Waals surface area contributed by atoms with E-state index in [-0.39, 0.29) is 0 Å². The maximum absolute atomic E-state index is 6.51. The van der Waals surface area contributed by atoms with Gasteiger partial charge in [-0.15, -0.1) is 0 Å². The molecule has 5 heteroatoms. The Morgan fingerprint density at radius 2 is 1.66 bits per heavy atom. The number of aromatic nitrogens is 1. The average molecular weight is 436 g/mol. The molecule has 0 radical (unpaired) electrons. The number of unbranched alkanes of at least 4 members (excludes halogenated alkanes) is 7. The summed E-state index contributed by atoms with van der Waals surface area (Å²) in [7, 11) is 0. The van der Waals surface area contributed by atoms with Crippen LogP contribution in [-0.2, 0) is 6.54 Å². The first-order valence-corrected chi connectivity index (χ1v) is 11.7. The molecule has 0 spiro atoms. The van der Waals surface area contributed by atoms with Crippen molar-refractivity contribution in [3.63, 3.8) is 0 Å². The standard InChI is InChI=1S/C24H35Cl2N3/c1-4-7-8-9-10-11-12-13-17-28-19-29(24(26)23(28)25)18-21-16-15-20(14-5-2)22(6-3)27-21/h5-6,14-16H,3-4,7-13,17-19H2,1-2H3/b14-5-. The molecule has 160 valence electrons. The second kappa shape index (κ2) is 13.0. The summed E-state index contributed by atoms with van der Waals surface area (Å²) in [6, 6.07) is 4.12. The third-order valence-corrected chi connectivity index (χ3v) is 6.19. The van der Waals surface area contributed by atoms with E-state index >= 15 is 0 Å². The molecule has 0 atom stereocenters. The van der Waals surface area contributed by atoms with Crippen LogP contribution < -0.4 is 0 Å². The molecular weight excluding hydrogens is 401 g/mol. The predicted molar refractivity (Wildman–Crippen MR) is 127 cm³/mol. The van der Waals surface area contributed by atoms with E-state index in [1.54, 1.807) is 6.08 Å². The van der Waals surface area contributed by atoms with E-state index in [1.165, 1.54) is 44.9 Å². The topological polar surface area (TPSA) is 19.4 Å². The van der Waals surface area contributed by atoms with Gasteiger partial charge in [-0.1, -0.05) is 99.9 Å². The third kappa shape index (κ3) is 7.38. The summed E-state index contributed by atoms with van der Waals surface area (Å²) in [5.41, 5.74) is 2.93. The zero-order chi connectivity index (χ0) is 21.1. The average Bonchev–Trinajstić information content (AvgIpc) is 2.99. The van der Waals surface area contributed by atoms with Crippen molar-refractivity contribution in [2.75, 3.05) is 13.2 Å². The first-order valence-electron chi connectivity index (χ1n) is 10.9. The number of hydrogen-bond acceptors (Lipinski definition) is 3. The monoisotopic (exact) mass is 435 g/mol. The third-order valence-electron chi connectivity index (χ3n) is 5.26. The molecule has 1 aromatic heterocycles. The van der Waals surface area contributed by atoms with Gasteiger partial charge in [-0.2, -0.15) is 0 Å². The number of nitrogens with zero attached hydrogens (tertiary/aromatic N) is 3. The molecule has 0 saturated heterocycles. The first-order chi connectivity index (χ1) is 14.1. The van der Waals surface area contributed by atoms with Crippen LogP contribution >= 0.6 is 23.2 Å². The van der Waals surface area contributed by atoms with Crippen LogP contribution in [0.2, 0.25) is 0 Å². The Morgan fingerprint density at radius 3 is 2.31 bits per heavy atom. The largest absolute Gasteiger partial charge is 0.342 e. The lowest BCUT2D eigenvalue weighted by molar-refractivity contribution is 0.247. The van der Waals surface area contributed by atoms with Crippen LogP contribution in [-0.4, -0.2) is 28.0 Å². The van der Waals surface area contributed by atoms with Gasteiger partial charge in [0.1, 0.15) is 10.3 Å². The maximum Gasteiger partial charge on any atom is 0.142 e. The Bertz CT molecular complexity index is 712. The summed E-state index contributed by atoms with van der Waals surface area (Å²) in [5, 5.41) is 1.27. The molecule has 1 aromatic rings. The van der Waals surface area contributed by atoms with Crippen LogP contribution in [0.1, 0.15) is 82.2 Å². The molecule has 0 aliphatic carbocycles. The van der Waals surface area contributed by atoms with Crippen molar-refractivity contribution in [3.8, 4) is 0 Å². The van der Waals surface area contributed by atoms with Crippen LogP contribution in [0, 0.1) is 0 Å². The molecule has 2 rings (SSSR count). The van der Waals surface area contributed by atoms with Gasteiger partial charge >= 0.3 is 0 Å². The molecule has 1 aliphatic rings. The van der Waals surface area contributed by atoms with Crippen molar-refractivity contribution in [1.82, 2.24) is 14.8 Å². The Morgan fingerprint density at radius 1 is 1.00 bits per heavy atom. The van der Waals surface area contributed by atoms with Crippen molar-refractivity contribution >= 4 is 35.4 Å². The number of pyridine rings is 1. The molecule has 0 unspecified atom stereocenters. The van der Waals surface area contributed by atoms with Crippen molar-refractivity contribution in [2.45, 2.75) is 71.8 Å². The van der Waals surface area contributed by atoms with Crippen LogP contribution in [0.5, 0.6) is 0 Å². The molecule has 0 aromatic carbocycles. The Balaban J connectivity index is 1.82. The Hall–Kier alpha value is -1.45. The van der Waals surface area contributed by atoms with E-state index < -0.39 is 0 Å². The lowest BCUT2D eigenvalue weighted by Crippen LogP contribution is -2.27. The highest BCUT2D eigenvalue weighted by atomic mass is 35.5. The fourth-order valence-corrected chi connectivity index (χ4v) is 4.10. The molecular formula is C24H35Cl2N3. The van der Waals surface area contributed by atoms with Gasteiger partial charge in [0, 0.05) is 6.54 Å². The summed E-state index contributed by atoms with van der Waals surface area (Å²) in [6.07, 6.45) is 16.3. The minimum Gasteiger partial charge on any atom is -0.342 e. The highest BCUT2D eigenvalue weighted by Gasteiger charge is 2.26. The van der Waals surface area contributed by atoms with Crippen molar-refractivity contribution in [1.29, 1.82) is 0 Å². The molecule has 3 nitrogen and oxygen atoms in total.